The van der Waals surface area contributed by atoms with Crippen LogP contribution in [0.1, 0.15) is 52.3 Å². The third-order valence-corrected chi connectivity index (χ3v) is 6.63. The van der Waals surface area contributed by atoms with Crippen LogP contribution in [0.15, 0.2) is 36.8 Å². The number of hydrogen-bond acceptors (Lipinski definition) is 8. The number of aliphatic hydroxyl groups is 1. The lowest BCUT2D eigenvalue weighted by atomic mass is 9.71. The number of piperidine rings is 1. The van der Waals surface area contributed by atoms with Crippen LogP contribution in [0.3, 0.4) is 0 Å². The van der Waals surface area contributed by atoms with Gasteiger partial charge in [-0.05, 0) is 53.2 Å². The summed E-state index contributed by atoms with van der Waals surface area (Å²) in [5.74, 6) is 0.488. The molecule has 3 aliphatic heterocycles. The number of amides is 1. The Kier molecular flexibility index (Phi) is 5.89. The molecule has 2 bridgehead atoms. The van der Waals surface area contributed by atoms with Crippen LogP contribution < -0.4 is 10.1 Å². The first-order chi connectivity index (χ1) is 17.4. The molecule has 1 amide bonds. The van der Waals surface area contributed by atoms with Gasteiger partial charge < -0.3 is 19.9 Å². The molecule has 3 aromatic heterocycles. The second-order valence-electron chi connectivity index (χ2n) is 11.4. The largest absolute Gasteiger partial charge is 0.489 e. The maximum absolute atomic E-state index is 13.3. The predicted molar refractivity (Wildman–Crippen MR) is 136 cm³/mol. The number of pyridine rings is 2. The highest BCUT2D eigenvalue weighted by Gasteiger charge is 2.60. The summed E-state index contributed by atoms with van der Waals surface area (Å²) in [4.78, 5) is 19.9. The van der Waals surface area contributed by atoms with Crippen molar-refractivity contribution < 1.29 is 19.4 Å². The van der Waals surface area contributed by atoms with E-state index >= 15 is 0 Å². The van der Waals surface area contributed by atoms with Gasteiger partial charge in [0.25, 0.3) is 0 Å². The molecule has 0 saturated carbocycles. The molecule has 3 fully saturated rings. The molecule has 0 spiro atoms. The minimum atomic E-state index is -1.03. The Labute approximate surface area is 215 Å². The van der Waals surface area contributed by atoms with E-state index in [2.05, 4.69) is 16.5 Å². The molecular formula is C27H32N6O4. The number of ether oxygens (including phenoxy) is 2. The smallest absolute Gasteiger partial charge is 0.411 e. The van der Waals surface area contributed by atoms with Gasteiger partial charge in [0.15, 0.2) is 0 Å². The van der Waals surface area contributed by atoms with Crippen LogP contribution in [-0.2, 0) is 10.3 Å². The highest BCUT2D eigenvalue weighted by molar-refractivity contribution is 5.87. The van der Waals surface area contributed by atoms with Crippen LogP contribution in [0, 0.1) is 11.3 Å². The molecule has 37 heavy (non-hydrogen) atoms. The van der Waals surface area contributed by atoms with Gasteiger partial charge in [-0.25, -0.2) is 9.31 Å². The predicted octanol–water partition coefficient (Wildman–Crippen LogP) is 3.23. The molecule has 2 N–H and O–H groups in total. The highest BCUT2D eigenvalue weighted by Crippen LogP contribution is 2.50. The van der Waals surface area contributed by atoms with Crippen LogP contribution in [0.25, 0.3) is 16.6 Å². The van der Waals surface area contributed by atoms with E-state index in [9.17, 15) is 15.2 Å². The molecular weight excluding hydrogens is 472 g/mol. The summed E-state index contributed by atoms with van der Waals surface area (Å²) >= 11 is 0. The summed E-state index contributed by atoms with van der Waals surface area (Å²) in [6.07, 6.45) is 5.31. The van der Waals surface area contributed by atoms with Crippen molar-refractivity contribution in [1.82, 2.24) is 24.8 Å². The summed E-state index contributed by atoms with van der Waals surface area (Å²) in [6.45, 7) is 10.2. The van der Waals surface area contributed by atoms with Crippen molar-refractivity contribution in [2.75, 3.05) is 19.7 Å². The number of carbonyl (C=O) groups excluding carboxylic acids is 1. The zero-order chi connectivity index (χ0) is 26.6. The first-order valence-electron chi connectivity index (χ1n) is 12.4. The molecule has 0 aliphatic carbocycles. The van der Waals surface area contributed by atoms with E-state index in [-0.39, 0.29) is 18.7 Å². The standard InChI is InChI=1S/C27H32N6O4/c1-25(2,3)37-24(34)33-18-10-27(33,15-29-13-18)23-20(7-6-8-30-23)21-9-19(36-16-26(4,5)35)14-32-22(21)17(11-28)12-31-32/h6-9,12,14,18,29,35H,10,13,15-16H2,1-5H3. The molecule has 0 aromatic carbocycles. The van der Waals surface area contributed by atoms with Crippen LogP contribution >= 0.6 is 0 Å². The number of rotatable bonds is 5. The third-order valence-electron chi connectivity index (χ3n) is 6.63. The Morgan fingerprint density at radius 1 is 1.32 bits per heavy atom. The zero-order valence-electron chi connectivity index (χ0n) is 21.8. The van der Waals surface area contributed by atoms with Gasteiger partial charge in [0.2, 0.25) is 0 Å². The Balaban J connectivity index is 1.65. The summed E-state index contributed by atoms with van der Waals surface area (Å²) in [6, 6.07) is 7.84. The number of nitrogens with one attached hydrogen (secondary N) is 1. The van der Waals surface area contributed by atoms with Crippen molar-refractivity contribution in [1.29, 1.82) is 5.26 Å². The quantitative estimate of drug-likeness (QED) is 0.543. The SMILES string of the molecule is CC(C)(O)COc1cc(-c2cccnc2C23CNCC(C2)N3C(=O)OC(C)(C)C)c2c(C#N)cnn2c1. The number of hydrogen-bond donors (Lipinski definition) is 2. The zero-order valence-corrected chi connectivity index (χ0v) is 21.8. The van der Waals surface area contributed by atoms with Crippen molar-refractivity contribution in [2.24, 2.45) is 0 Å². The van der Waals surface area contributed by atoms with Gasteiger partial charge in [0.1, 0.15) is 29.6 Å². The Bertz CT molecular complexity index is 1390. The fraction of sp³-hybridized carbons (Fsp3) is 0.481. The monoisotopic (exact) mass is 504 g/mol. The first kappa shape index (κ1) is 25.0. The molecule has 10 heteroatoms. The van der Waals surface area contributed by atoms with Crippen molar-refractivity contribution in [3.05, 3.63) is 48.0 Å². The summed E-state index contributed by atoms with van der Waals surface area (Å²) in [7, 11) is 0. The highest BCUT2D eigenvalue weighted by atomic mass is 16.6. The molecule has 194 valence electrons. The van der Waals surface area contributed by atoms with Crippen LogP contribution in [-0.4, -0.2) is 67.6 Å². The van der Waals surface area contributed by atoms with Gasteiger partial charge >= 0.3 is 6.09 Å². The summed E-state index contributed by atoms with van der Waals surface area (Å²) in [5, 5.41) is 27.8. The molecule has 3 aliphatic rings. The number of aromatic nitrogens is 3. The van der Waals surface area contributed by atoms with Crippen molar-refractivity contribution >= 4 is 11.6 Å². The van der Waals surface area contributed by atoms with Crippen LogP contribution in [0.5, 0.6) is 5.75 Å². The first-order valence-corrected chi connectivity index (χ1v) is 12.4. The molecule has 2 atom stereocenters. The molecule has 3 saturated heterocycles. The van der Waals surface area contributed by atoms with Crippen molar-refractivity contribution in [2.45, 2.75) is 63.8 Å². The van der Waals surface area contributed by atoms with E-state index in [0.29, 0.717) is 35.5 Å². The average Bonchev–Trinajstić information content (AvgIpc) is 3.24. The second-order valence-corrected chi connectivity index (χ2v) is 11.4. The molecule has 3 aromatic rings. The van der Waals surface area contributed by atoms with Gasteiger partial charge in [0, 0.05) is 30.4 Å². The van der Waals surface area contributed by atoms with E-state index in [0.717, 1.165) is 17.7 Å². The summed E-state index contributed by atoms with van der Waals surface area (Å²) in [5.41, 5.74) is 0.872. The number of carbonyl (C=O) groups is 1. The lowest BCUT2D eigenvalue weighted by Gasteiger charge is -2.61. The summed E-state index contributed by atoms with van der Waals surface area (Å²) < 4.78 is 13.3. The topological polar surface area (TPSA) is 125 Å². The number of nitriles is 1. The van der Waals surface area contributed by atoms with Crippen LogP contribution in [0.2, 0.25) is 0 Å². The maximum atomic E-state index is 13.3. The lowest BCUT2D eigenvalue weighted by molar-refractivity contribution is -0.105. The number of fused-ring (bicyclic) bond motifs is 3. The third kappa shape index (κ3) is 4.49. The van der Waals surface area contributed by atoms with E-state index in [1.165, 1.54) is 6.20 Å². The van der Waals surface area contributed by atoms with E-state index in [1.54, 1.807) is 30.8 Å². The van der Waals surface area contributed by atoms with Crippen molar-refractivity contribution in [3.8, 4) is 22.9 Å². The Morgan fingerprint density at radius 3 is 2.78 bits per heavy atom. The molecule has 0 radical (unpaired) electrons. The van der Waals surface area contributed by atoms with Gasteiger partial charge in [-0.2, -0.15) is 10.4 Å². The normalized spacial score (nSPS) is 21.3. The number of nitrogens with zero attached hydrogens (tertiary/aromatic N) is 5. The Hall–Kier alpha value is -3.68. The van der Waals surface area contributed by atoms with Gasteiger partial charge in [-0.3, -0.25) is 9.88 Å². The van der Waals surface area contributed by atoms with E-state index < -0.39 is 16.7 Å². The van der Waals surface area contributed by atoms with Crippen LogP contribution in [0.4, 0.5) is 4.79 Å². The molecule has 10 nitrogen and oxygen atoms in total. The van der Waals surface area contributed by atoms with Crippen molar-refractivity contribution in [3.63, 3.8) is 0 Å². The number of piperazine rings is 1. The lowest BCUT2D eigenvalue weighted by Crippen LogP contribution is -2.76. The minimum Gasteiger partial charge on any atom is -0.489 e. The Morgan fingerprint density at radius 2 is 2.11 bits per heavy atom. The van der Waals surface area contributed by atoms with Gasteiger partial charge in [-0.15, -0.1) is 0 Å². The van der Waals surface area contributed by atoms with Gasteiger partial charge in [0.05, 0.1) is 40.8 Å². The second kappa shape index (κ2) is 8.71. The fourth-order valence-corrected chi connectivity index (χ4v) is 5.23. The molecule has 6 heterocycles. The molecule has 2 unspecified atom stereocenters. The fourth-order valence-electron chi connectivity index (χ4n) is 5.23. The van der Waals surface area contributed by atoms with E-state index in [4.69, 9.17) is 14.5 Å². The van der Waals surface area contributed by atoms with Gasteiger partial charge in [-0.1, -0.05) is 6.07 Å². The minimum absolute atomic E-state index is 0.00423. The average molecular weight is 505 g/mol. The maximum Gasteiger partial charge on any atom is 0.411 e. The van der Waals surface area contributed by atoms with E-state index in [1.807, 2.05) is 43.9 Å². The molecule has 6 rings (SSSR count).